The van der Waals surface area contributed by atoms with E-state index in [2.05, 4.69) is 31.0 Å². The van der Waals surface area contributed by atoms with Gasteiger partial charge in [-0.3, -0.25) is 4.90 Å². The molecule has 4 nitrogen and oxygen atoms in total. The largest absolute Gasteiger partial charge is 0.381 e. The fourth-order valence-electron chi connectivity index (χ4n) is 2.57. The Morgan fingerprint density at radius 1 is 1.37 bits per heavy atom. The number of rotatable bonds is 11. The average molecular weight is 272 g/mol. The van der Waals surface area contributed by atoms with Crippen molar-refractivity contribution in [3.63, 3.8) is 0 Å². The highest BCUT2D eigenvalue weighted by atomic mass is 16.5. The lowest BCUT2D eigenvalue weighted by Gasteiger charge is -2.30. The molecule has 0 bridgehead atoms. The van der Waals surface area contributed by atoms with Crippen LogP contribution in [0, 0.1) is 5.92 Å². The Morgan fingerprint density at radius 3 is 2.79 bits per heavy atom. The summed E-state index contributed by atoms with van der Waals surface area (Å²) in [5, 5.41) is 3.70. The van der Waals surface area contributed by atoms with Gasteiger partial charge in [0.2, 0.25) is 0 Å². The van der Waals surface area contributed by atoms with Gasteiger partial charge in [-0.15, -0.1) is 0 Å². The molecule has 2 unspecified atom stereocenters. The molecule has 1 heterocycles. The first-order valence-electron chi connectivity index (χ1n) is 7.93. The second kappa shape index (κ2) is 10.6. The summed E-state index contributed by atoms with van der Waals surface area (Å²) in [6.45, 7) is 14.3. The van der Waals surface area contributed by atoms with E-state index >= 15 is 0 Å². The minimum Gasteiger partial charge on any atom is -0.381 e. The fourth-order valence-corrected chi connectivity index (χ4v) is 2.57. The van der Waals surface area contributed by atoms with Crippen LogP contribution in [-0.4, -0.2) is 63.5 Å². The molecule has 0 aromatic carbocycles. The molecule has 0 spiro atoms. The summed E-state index contributed by atoms with van der Waals surface area (Å²) < 4.78 is 11.0. The highest BCUT2D eigenvalue weighted by Crippen LogP contribution is 2.17. The average Bonchev–Trinajstić information content (AvgIpc) is 2.95. The second-order valence-corrected chi connectivity index (χ2v) is 5.27. The van der Waals surface area contributed by atoms with Crippen molar-refractivity contribution < 1.29 is 9.47 Å². The van der Waals surface area contributed by atoms with Crippen molar-refractivity contribution >= 4 is 0 Å². The summed E-state index contributed by atoms with van der Waals surface area (Å²) >= 11 is 0. The molecule has 0 saturated carbocycles. The van der Waals surface area contributed by atoms with Gasteiger partial charge >= 0.3 is 0 Å². The van der Waals surface area contributed by atoms with Gasteiger partial charge in [0.1, 0.15) is 0 Å². The van der Waals surface area contributed by atoms with E-state index in [0.717, 1.165) is 52.6 Å². The van der Waals surface area contributed by atoms with Crippen molar-refractivity contribution in [2.45, 2.75) is 39.7 Å². The topological polar surface area (TPSA) is 33.7 Å². The summed E-state index contributed by atoms with van der Waals surface area (Å²) in [5.74, 6) is 0.674. The number of hydrogen-bond donors (Lipinski definition) is 1. The van der Waals surface area contributed by atoms with Gasteiger partial charge < -0.3 is 14.8 Å². The quantitative estimate of drug-likeness (QED) is 0.581. The molecule has 1 rings (SSSR count). The van der Waals surface area contributed by atoms with E-state index in [0.29, 0.717) is 12.0 Å². The summed E-state index contributed by atoms with van der Waals surface area (Å²) in [7, 11) is 0. The summed E-state index contributed by atoms with van der Waals surface area (Å²) in [6.07, 6.45) is 2.39. The van der Waals surface area contributed by atoms with E-state index in [-0.39, 0.29) is 0 Å². The van der Waals surface area contributed by atoms with Crippen molar-refractivity contribution in [1.82, 2.24) is 10.2 Å². The van der Waals surface area contributed by atoms with Gasteiger partial charge in [0, 0.05) is 38.3 Å². The van der Waals surface area contributed by atoms with Crippen molar-refractivity contribution in [3.05, 3.63) is 0 Å². The molecular formula is C15H32N2O2. The minimum atomic E-state index is 0.559. The molecule has 2 atom stereocenters. The standard InChI is InChI=1S/C15H32N2O2/c1-4-8-16-15(14-7-10-19-13-14)12-17(5-2)9-11-18-6-3/h14-16H,4-13H2,1-3H3. The van der Waals surface area contributed by atoms with E-state index in [9.17, 15) is 0 Å². The van der Waals surface area contributed by atoms with Crippen molar-refractivity contribution in [2.75, 3.05) is 52.6 Å². The third-order valence-corrected chi connectivity index (χ3v) is 3.85. The smallest absolute Gasteiger partial charge is 0.0593 e. The molecule has 0 aliphatic carbocycles. The van der Waals surface area contributed by atoms with Crippen molar-refractivity contribution in [2.24, 2.45) is 5.92 Å². The molecule has 1 saturated heterocycles. The third-order valence-electron chi connectivity index (χ3n) is 3.85. The SMILES string of the molecule is CCCNC(CN(CC)CCOCC)C1CCOC1. The van der Waals surface area contributed by atoms with Gasteiger partial charge in [-0.25, -0.2) is 0 Å². The zero-order chi connectivity index (χ0) is 13.9. The summed E-state index contributed by atoms with van der Waals surface area (Å²) in [4.78, 5) is 2.49. The van der Waals surface area contributed by atoms with E-state index < -0.39 is 0 Å². The van der Waals surface area contributed by atoms with E-state index in [1.54, 1.807) is 0 Å². The minimum absolute atomic E-state index is 0.559. The lowest BCUT2D eigenvalue weighted by molar-refractivity contribution is 0.104. The maximum atomic E-state index is 5.55. The van der Waals surface area contributed by atoms with Crippen LogP contribution in [0.5, 0.6) is 0 Å². The first kappa shape index (κ1) is 16.9. The van der Waals surface area contributed by atoms with Crippen LogP contribution in [0.25, 0.3) is 0 Å². The highest BCUT2D eigenvalue weighted by Gasteiger charge is 2.26. The van der Waals surface area contributed by atoms with Crippen LogP contribution >= 0.6 is 0 Å². The second-order valence-electron chi connectivity index (χ2n) is 5.27. The van der Waals surface area contributed by atoms with Crippen LogP contribution in [0.4, 0.5) is 0 Å². The van der Waals surface area contributed by atoms with E-state index in [4.69, 9.17) is 9.47 Å². The van der Waals surface area contributed by atoms with Gasteiger partial charge in [0.15, 0.2) is 0 Å². The van der Waals surface area contributed by atoms with Crippen molar-refractivity contribution in [3.8, 4) is 0 Å². The van der Waals surface area contributed by atoms with Crippen LogP contribution in [0.2, 0.25) is 0 Å². The maximum absolute atomic E-state index is 5.55. The van der Waals surface area contributed by atoms with Crippen LogP contribution in [0.15, 0.2) is 0 Å². The first-order chi connectivity index (χ1) is 9.31. The zero-order valence-electron chi connectivity index (χ0n) is 13.0. The van der Waals surface area contributed by atoms with Crippen LogP contribution in [0.3, 0.4) is 0 Å². The van der Waals surface area contributed by atoms with Crippen LogP contribution < -0.4 is 5.32 Å². The molecule has 19 heavy (non-hydrogen) atoms. The Hall–Kier alpha value is -0.160. The van der Waals surface area contributed by atoms with Crippen LogP contribution in [-0.2, 0) is 9.47 Å². The van der Waals surface area contributed by atoms with E-state index in [1.165, 1.54) is 12.8 Å². The normalized spacial score (nSPS) is 21.2. The highest BCUT2D eigenvalue weighted by molar-refractivity contribution is 4.82. The van der Waals surface area contributed by atoms with Crippen molar-refractivity contribution in [1.29, 1.82) is 0 Å². The molecule has 0 aromatic heterocycles. The molecule has 4 heteroatoms. The monoisotopic (exact) mass is 272 g/mol. The van der Waals surface area contributed by atoms with E-state index in [1.807, 2.05) is 0 Å². The summed E-state index contributed by atoms with van der Waals surface area (Å²) in [6, 6.07) is 0.559. The molecule has 1 N–H and O–H groups in total. The molecule has 0 amide bonds. The zero-order valence-corrected chi connectivity index (χ0v) is 13.0. The molecule has 1 fully saturated rings. The van der Waals surface area contributed by atoms with Gasteiger partial charge in [-0.1, -0.05) is 13.8 Å². The van der Waals surface area contributed by atoms with Gasteiger partial charge in [0.25, 0.3) is 0 Å². The van der Waals surface area contributed by atoms with Crippen LogP contribution in [0.1, 0.15) is 33.6 Å². The number of hydrogen-bond acceptors (Lipinski definition) is 4. The maximum Gasteiger partial charge on any atom is 0.0593 e. The molecule has 114 valence electrons. The number of nitrogens with zero attached hydrogens (tertiary/aromatic N) is 1. The number of ether oxygens (including phenoxy) is 2. The van der Waals surface area contributed by atoms with Gasteiger partial charge in [-0.05, 0) is 32.9 Å². The third kappa shape index (κ3) is 6.70. The lowest BCUT2D eigenvalue weighted by atomic mass is 9.98. The Balaban J connectivity index is 2.38. The Bertz CT molecular complexity index is 208. The van der Waals surface area contributed by atoms with Gasteiger partial charge in [0.05, 0.1) is 13.2 Å². The molecule has 0 radical (unpaired) electrons. The lowest BCUT2D eigenvalue weighted by Crippen LogP contribution is -2.47. The molecule has 1 aliphatic heterocycles. The molecule has 1 aliphatic rings. The molecule has 0 aromatic rings. The number of likely N-dealkylation sites (N-methyl/N-ethyl adjacent to an activating group) is 1. The summed E-state index contributed by atoms with van der Waals surface area (Å²) in [5.41, 5.74) is 0. The number of nitrogens with one attached hydrogen (secondary N) is 1. The first-order valence-corrected chi connectivity index (χ1v) is 7.93. The fraction of sp³-hybridized carbons (Fsp3) is 1.00. The predicted octanol–water partition coefficient (Wildman–Crippen LogP) is 1.75. The Labute approximate surface area is 118 Å². The molecular weight excluding hydrogens is 240 g/mol. The Morgan fingerprint density at radius 2 is 2.21 bits per heavy atom. The predicted molar refractivity (Wildman–Crippen MR) is 79.6 cm³/mol. The van der Waals surface area contributed by atoms with Gasteiger partial charge in [-0.2, -0.15) is 0 Å². The Kier molecular flexibility index (Phi) is 9.43.